The van der Waals surface area contributed by atoms with Crippen LogP contribution in [0.1, 0.15) is 73.6 Å². The maximum absolute atomic E-state index is 12.5. The molecule has 13 nitrogen and oxygen atoms in total. The molecule has 356 valence electrons. The first kappa shape index (κ1) is 54.5. The van der Waals surface area contributed by atoms with Gasteiger partial charge < -0.3 is 30.1 Å². The number of carbonyl (C=O) groups is 3. The quantitative estimate of drug-likeness (QED) is 0.0887. The van der Waals surface area contributed by atoms with Crippen LogP contribution in [0.3, 0.4) is 0 Å². The Morgan fingerprint density at radius 2 is 1.37 bits per heavy atom. The Hall–Kier alpha value is -6.12. The molecule has 6 aromatic rings. The number of aliphatic imine (C=N–C) groups is 1. The zero-order chi connectivity index (χ0) is 49.1. The first-order chi connectivity index (χ1) is 31.5. The molecule has 3 aromatic heterocycles. The molecule has 0 fully saturated rings. The second-order valence-electron chi connectivity index (χ2n) is 18.6. The van der Waals surface area contributed by atoms with Crippen molar-refractivity contribution < 1.29 is 33.9 Å². The van der Waals surface area contributed by atoms with Gasteiger partial charge in [-0.25, -0.2) is 31.1 Å². The van der Waals surface area contributed by atoms with E-state index >= 15 is 0 Å². The number of Topliss-reactive ketones (excluding diaryl/α,β-unsaturated/α-hetero) is 2. The van der Waals surface area contributed by atoms with E-state index in [0.717, 1.165) is 49.8 Å². The first-order valence-electron chi connectivity index (χ1n) is 21.1. The number of thiazole rings is 2. The van der Waals surface area contributed by atoms with Gasteiger partial charge in [-0.1, -0.05) is 105 Å². The van der Waals surface area contributed by atoms with E-state index in [1.54, 1.807) is 18.2 Å². The number of nitrogens with two attached hydrogens (primary N) is 1. The van der Waals surface area contributed by atoms with E-state index in [2.05, 4.69) is 71.3 Å². The molecular formula is C51H54Cl2N6O7S2. The van der Waals surface area contributed by atoms with Crippen LogP contribution >= 0.6 is 45.9 Å². The average Bonchev–Trinajstić information content (AvgIpc) is 3.92. The summed E-state index contributed by atoms with van der Waals surface area (Å²) in [4.78, 5) is 62.4. The Balaban J connectivity index is 0.000000209. The first-order valence-corrected chi connectivity index (χ1v) is 23.6. The number of amides is 2. The summed E-state index contributed by atoms with van der Waals surface area (Å²) in [6.07, 6.45) is 2.80. The number of nitrogens with zero attached hydrogens (tertiary/aromatic N) is 5. The van der Waals surface area contributed by atoms with Crippen LogP contribution in [-0.2, 0) is 24.3 Å². The Kier molecular flexibility index (Phi) is 19.0. The second-order valence-corrected chi connectivity index (χ2v) is 21.2. The molecule has 0 radical (unpaired) electrons. The number of allylic oxidation sites excluding steroid dienone is 2. The van der Waals surface area contributed by atoms with Crippen molar-refractivity contribution in [1.82, 2.24) is 9.97 Å². The van der Waals surface area contributed by atoms with Gasteiger partial charge in [-0.2, -0.15) is 0 Å². The smallest absolute Gasteiger partial charge is 0.346 e. The highest BCUT2D eigenvalue weighted by atomic mass is 35.5. The van der Waals surface area contributed by atoms with Gasteiger partial charge in [-0.15, -0.1) is 22.7 Å². The van der Waals surface area contributed by atoms with Crippen LogP contribution in [0.4, 0.5) is 4.79 Å². The van der Waals surface area contributed by atoms with Crippen LogP contribution in [0, 0.1) is 17.4 Å². The fraction of sp³-hybridized carbons (Fsp3) is 0.294. The molecule has 68 heavy (non-hydrogen) atoms. The number of primary amides is 1. The molecule has 2 aliphatic carbocycles. The molecule has 0 saturated carbocycles. The van der Waals surface area contributed by atoms with Gasteiger partial charge in [0.15, 0.2) is 16.6 Å². The van der Waals surface area contributed by atoms with E-state index in [1.807, 2.05) is 74.9 Å². The number of urea groups is 1. The molecule has 4 N–H and O–H groups in total. The lowest BCUT2D eigenvalue weighted by Gasteiger charge is -2.28. The summed E-state index contributed by atoms with van der Waals surface area (Å²) in [5, 5.41) is 16.2. The highest BCUT2D eigenvalue weighted by Gasteiger charge is 2.34. The van der Waals surface area contributed by atoms with Crippen LogP contribution in [0.2, 0.25) is 10.0 Å². The van der Waals surface area contributed by atoms with Crippen LogP contribution in [0.15, 0.2) is 121 Å². The number of fused-ring (bicyclic) bond motifs is 1. The maximum atomic E-state index is 12.5. The minimum absolute atomic E-state index is 0. The highest BCUT2D eigenvalue weighted by Crippen LogP contribution is 2.37. The second kappa shape index (κ2) is 23.7. The zero-order valence-corrected chi connectivity index (χ0v) is 42.0. The summed E-state index contributed by atoms with van der Waals surface area (Å²) >= 11 is 14.6. The molecule has 17 heteroatoms. The van der Waals surface area contributed by atoms with Crippen molar-refractivity contribution in [2.75, 3.05) is 21.1 Å². The van der Waals surface area contributed by atoms with E-state index in [1.165, 1.54) is 28.2 Å². The molecule has 3 aromatic carbocycles. The van der Waals surface area contributed by atoms with Gasteiger partial charge >= 0.3 is 11.7 Å². The van der Waals surface area contributed by atoms with E-state index in [9.17, 15) is 24.3 Å². The van der Waals surface area contributed by atoms with Gasteiger partial charge in [0.05, 0.1) is 49.2 Å². The third kappa shape index (κ3) is 16.3. The largest absolute Gasteiger partial charge is 0.870 e. The topological polar surface area (TPSA) is 200 Å². The van der Waals surface area contributed by atoms with Gasteiger partial charge in [0, 0.05) is 69.4 Å². The third-order valence-electron chi connectivity index (χ3n) is 10.1. The molecule has 3 heterocycles. The van der Waals surface area contributed by atoms with Crippen molar-refractivity contribution in [3.8, 4) is 33.1 Å². The Bertz CT molecular complexity index is 2870. The number of halogens is 2. The molecule has 0 bridgehead atoms. The van der Waals surface area contributed by atoms with Crippen molar-refractivity contribution in [3.63, 3.8) is 0 Å². The van der Waals surface area contributed by atoms with Gasteiger partial charge in [-0.05, 0) is 41.2 Å². The van der Waals surface area contributed by atoms with Gasteiger partial charge in [0.1, 0.15) is 23.1 Å². The summed E-state index contributed by atoms with van der Waals surface area (Å²) in [5.41, 5.74) is 9.86. The van der Waals surface area contributed by atoms with E-state index in [4.69, 9.17) is 39.9 Å². The number of aromatic nitrogens is 2. The van der Waals surface area contributed by atoms with Crippen LogP contribution < -0.4 is 11.4 Å². The molecule has 0 unspecified atom stereocenters. The zero-order valence-electron chi connectivity index (χ0n) is 38.9. The summed E-state index contributed by atoms with van der Waals surface area (Å²) in [7, 11) is 6.60. The van der Waals surface area contributed by atoms with Gasteiger partial charge in [0.25, 0.3) is 6.54 Å². The SMILES string of the molecule is CC1(C)CC(=O)C(C=NC(N)=O)=C(O)C1.CC1(C)CC(=O)c2cc(-c3nc(-c4ccc(Cl)cc4)cs3)c(=O)oc2C1.C[N+](C)(C)Cc1ccccc1.[C-]#[N+]Cc1nc(-c2ccc(Cl)cc2)cs1.[OH-]. The number of hydrogen-bond acceptors (Lipinski definition) is 11. The number of carbonyl (C=O) groups excluding carboxylic acids is 3. The van der Waals surface area contributed by atoms with Crippen molar-refractivity contribution in [2.24, 2.45) is 21.6 Å². The van der Waals surface area contributed by atoms with Gasteiger partial charge in [-0.3, -0.25) is 9.59 Å². The molecule has 0 atom stereocenters. The van der Waals surface area contributed by atoms with Crippen molar-refractivity contribution in [3.05, 3.63) is 161 Å². The van der Waals surface area contributed by atoms with Crippen LogP contribution in [0.5, 0.6) is 0 Å². The highest BCUT2D eigenvalue weighted by molar-refractivity contribution is 7.13. The molecule has 8 rings (SSSR count). The molecule has 2 amide bonds. The fourth-order valence-electron chi connectivity index (χ4n) is 7.11. The van der Waals surface area contributed by atoms with E-state index < -0.39 is 11.7 Å². The Labute approximate surface area is 414 Å². The van der Waals surface area contributed by atoms with Crippen LogP contribution in [0.25, 0.3) is 37.9 Å². The Morgan fingerprint density at radius 3 is 1.91 bits per heavy atom. The van der Waals surface area contributed by atoms with E-state index in [0.29, 0.717) is 59.1 Å². The summed E-state index contributed by atoms with van der Waals surface area (Å²) in [6.45, 7) is 16.0. The number of rotatable bonds is 7. The lowest BCUT2D eigenvalue weighted by atomic mass is 9.76. The van der Waals surface area contributed by atoms with Crippen molar-refractivity contribution in [1.29, 1.82) is 0 Å². The number of hydrogen-bond donors (Lipinski definition) is 2. The molecule has 0 aliphatic heterocycles. The normalized spacial score (nSPS) is 14.7. The molecular weight excluding hydrogens is 944 g/mol. The number of aliphatic hydroxyl groups is 1. The monoisotopic (exact) mass is 996 g/mol. The minimum atomic E-state index is -0.882. The van der Waals surface area contributed by atoms with Gasteiger partial charge in [0.2, 0.25) is 0 Å². The number of quaternary nitrogens is 1. The molecule has 2 aliphatic rings. The predicted molar refractivity (Wildman–Crippen MR) is 272 cm³/mol. The van der Waals surface area contributed by atoms with Crippen molar-refractivity contribution in [2.45, 2.75) is 66.5 Å². The maximum Gasteiger partial charge on any atom is 0.346 e. The lowest BCUT2D eigenvalue weighted by molar-refractivity contribution is -0.884. The summed E-state index contributed by atoms with van der Waals surface area (Å²) < 4.78 is 6.48. The van der Waals surface area contributed by atoms with E-state index in [-0.39, 0.29) is 39.2 Å². The standard InChI is InChI=1S/C20H16ClNO3S.C11H7ClN2S.C10H14N2O3.C10H16N.H2O/c1-20(2)8-16(23)13-7-14(19(24)25-17(13)9-20)18-22-15(10-26-18)11-3-5-12(21)6-4-11;1-13-6-11-14-10(7-15-11)8-2-4-9(12)5-3-8;1-10(2)3-7(13)6(8(14)4-10)5-12-9(11)15;1-11(2,3)9-10-7-5-4-6-8-10;/h3-7,10H,8-9H2,1-2H3;2-5,7H,6H2;5,13H,3-4H2,1-2H3,(H2,11,15);4-8H,9H2,1-3H3;1H2/q;;;+1;/p-1. The fourth-order valence-corrected chi connectivity index (χ4v) is 8.92. The van der Waals surface area contributed by atoms with Crippen molar-refractivity contribution >= 4 is 69.7 Å². The third-order valence-corrected chi connectivity index (χ3v) is 12.3. The lowest BCUT2D eigenvalue weighted by Crippen LogP contribution is -2.33. The number of ketones is 2. The molecule has 0 spiro atoms. The Morgan fingerprint density at radius 1 is 0.824 bits per heavy atom. The predicted octanol–water partition coefficient (Wildman–Crippen LogP) is 12.2. The number of aliphatic hydroxyl groups excluding tert-OH is 1. The summed E-state index contributed by atoms with van der Waals surface area (Å²) in [5.74, 6) is 0.250. The number of benzene rings is 3. The average molecular weight is 998 g/mol. The molecule has 0 saturated heterocycles. The minimum Gasteiger partial charge on any atom is -0.870 e. The summed E-state index contributed by atoms with van der Waals surface area (Å²) in [6, 6.07) is 26.2. The van der Waals surface area contributed by atoms with Crippen LogP contribution in [-0.4, -0.2) is 70.0 Å².